The highest BCUT2D eigenvalue weighted by molar-refractivity contribution is 7.85. The Morgan fingerprint density at radius 1 is 1.26 bits per heavy atom. The number of hydrogen-bond acceptors (Lipinski definition) is 3. The van der Waals surface area contributed by atoms with Crippen molar-refractivity contribution in [2.45, 2.75) is 27.2 Å². The Labute approximate surface area is 117 Å². The van der Waals surface area contributed by atoms with Crippen LogP contribution in [-0.2, 0) is 10.8 Å². The number of carbonyl (C=O) groups is 1. The fourth-order valence-electron chi connectivity index (χ4n) is 1.63. The third kappa shape index (κ3) is 5.55. The van der Waals surface area contributed by atoms with Crippen molar-refractivity contribution in [3.63, 3.8) is 0 Å². The normalized spacial score (nSPS) is 13.8. The zero-order chi connectivity index (χ0) is 14.3. The molecule has 1 aromatic carbocycles. The fourth-order valence-corrected chi connectivity index (χ4v) is 3.07. The summed E-state index contributed by atoms with van der Waals surface area (Å²) in [4.78, 5) is 12.0. The van der Waals surface area contributed by atoms with Crippen LogP contribution in [0.2, 0.25) is 0 Å². The quantitative estimate of drug-likeness (QED) is 0.688. The van der Waals surface area contributed by atoms with Crippen molar-refractivity contribution in [1.82, 2.24) is 0 Å². The van der Waals surface area contributed by atoms with Crippen LogP contribution in [0.25, 0.3) is 0 Å². The van der Waals surface area contributed by atoms with Gasteiger partial charge in [-0.15, -0.1) is 0 Å². The Morgan fingerprint density at radius 2 is 1.89 bits per heavy atom. The first-order chi connectivity index (χ1) is 9.06. The van der Waals surface area contributed by atoms with Crippen molar-refractivity contribution >= 4 is 16.6 Å². The van der Waals surface area contributed by atoms with Crippen LogP contribution in [0, 0.1) is 5.92 Å². The van der Waals surface area contributed by atoms with Gasteiger partial charge in [-0.05, 0) is 37.1 Å². The van der Waals surface area contributed by atoms with Crippen molar-refractivity contribution in [1.29, 1.82) is 0 Å². The minimum absolute atomic E-state index is 0.0651. The SMILES string of the molecule is CCOc1ccc(C(=O)CS(=O)CC(C)CC)cc1. The van der Waals surface area contributed by atoms with Gasteiger partial charge in [0.05, 0.1) is 12.4 Å². The minimum Gasteiger partial charge on any atom is -0.494 e. The molecular formula is C15H22O3S. The van der Waals surface area contributed by atoms with Gasteiger partial charge in [-0.2, -0.15) is 0 Å². The summed E-state index contributed by atoms with van der Waals surface area (Å²) in [5, 5.41) is 0. The Hall–Kier alpha value is -1.16. The molecule has 4 heteroatoms. The van der Waals surface area contributed by atoms with Gasteiger partial charge in [-0.1, -0.05) is 20.3 Å². The Kier molecular flexibility index (Phi) is 6.78. The minimum atomic E-state index is -1.07. The predicted molar refractivity (Wildman–Crippen MR) is 79.3 cm³/mol. The number of benzene rings is 1. The summed E-state index contributed by atoms with van der Waals surface area (Å²) in [6.45, 7) is 6.64. The molecule has 2 unspecified atom stereocenters. The number of carbonyl (C=O) groups excluding carboxylic acids is 1. The third-order valence-corrected chi connectivity index (χ3v) is 4.47. The van der Waals surface area contributed by atoms with Gasteiger partial charge in [0.25, 0.3) is 0 Å². The maximum absolute atomic E-state index is 12.0. The smallest absolute Gasteiger partial charge is 0.175 e. The monoisotopic (exact) mass is 282 g/mol. The predicted octanol–water partition coefficient (Wildman–Crippen LogP) is 3.06. The number of rotatable bonds is 8. The molecule has 0 N–H and O–H groups in total. The average Bonchev–Trinajstić information content (AvgIpc) is 2.39. The molecule has 0 spiro atoms. The first kappa shape index (κ1) is 15.9. The second-order valence-corrected chi connectivity index (χ2v) is 6.15. The van der Waals surface area contributed by atoms with E-state index >= 15 is 0 Å². The number of hydrogen-bond donors (Lipinski definition) is 0. The lowest BCUT2D eigenvalue weighted by molar-refractivity contribution is 0.102. The zero-order valence-corrected chi connectivity index (χ0v) is 12.7. The first-order valence-electron chi connectivity index (χ1n) is 6.67. The van der Waals surface area contributed by atoms with Crippen LogP contribution >= 0.6 is 0 Å². The van der Waals surface area contributed by atoms with E-state index in [2.05, 4.69) is 13.8 Å². The van der Waals surface area contributed by atoms with Gasteiger partial charge in [-0.3, -0.25) is 9.00 Å². The molecule has 0 saturated carbocycles. The summed E-state index contributed by atoms with van der Waals surface area (Å²) in [6.07, 6.45) is 0.989. The van der Waals surface area contributed by atoms with Crippen LogP contribution in [0.5, 0.6) is 5.75 Å². The van der Waals surface area contributed by atoms with Crippen LogP contribution in [-0.4, -0.2) is 28.1 Å². The van der Waals surface area contributed by atoms with Crippen molar-refractivity contribution in [2.75, 3.05) is 18.1 Å². The van der Waals surface area contributed by atoms with E-state index in [-0.39, 0.29) is 11.5 Å². The molecule has 19 heavy (non-hydrogen) atoms. The maximum atomic E-state index is 12.0. The van der Waals surface area contributed by atoms with Crippen LogP contribution < -0.4 is 4.74 Å². The summed E-state index contributed by atoms with van der Waals surface area (Å²) < 4.78 is 17.1. The zero-order valence-electron chi connectivity index (χ0n) is 11.8. The molecule has 0 fully saturated rings. The molecule has 0 heterocycles. The molecule has 0 saturated heterocycles. The summed E-state index contributed by atoms with van der Waals surface area (Å²) in [5.41, 5.74) is 0.598. The van der Waals surface area contributed by atoms with E-state index in [0.29, 0.717) is 23.8 Å². The van der Waals surface area contributed by atoms with E-state index < -0.39 is 10.8 Å². The highest BCUT2D eigenvalue weighted by Crippen LogP contribution is 2.13. The van der Waals surface area contributed by atoms with Crippen LogP contribution in [0.15, 0.2) is 24.3 Å². The second kappa shape index (κ2) is 8.10. The largest absolute Gasteiger partial charge is 0.494 e. The molecule has 0 aliphatic heterocycles. The Morgan fingerprint density at radius 3 is 2.42 bits per heavy atom. The molecule has 0 bridgehead atoms. The van der Waals surface area contributed by atoms with Gasteiger partial charge in [0.2, 0.25) is 0 Å². The molecule has 0 aromatic heterocycles. The average molecular weight is 282 g/mol. The van der Waals surface area contributed by atoms with Gasteiger partial charge in [0.15, 0.2) is 5.78 Å². The van der Waals surface area contributed by atoms with E-state index in [9.17, 15) is 9.00 Å². The van der Waals surface area contributed by atoms with Crippen molar-refractivity contribution in [3.8, 4) is 5.75 Å². The molecule has 1 aromatic rings. The van der Waals surface area contributed by atoms with Crippen molar-refractivity contribution in [2.24, 2.45) is 5.92 Å². The molecule has 2 atom stereocenters. The molecule has 1 rings (SSSR count). The number of Topliss-reactive ketones (excluding diaryl/α,β-unsaturated/α-hetero) is 1. The summed E-state index contributed by atoms with van der Waals surface area (Å²) in [5.74, 6) is 1.79. The van der Waals surface area contributed by atoms with Gasteiger partial charge in [0, 0.05) is 22.1 Å². The van der Waals surface area contributed by atoms with Crippen LogP contribution in [0.4, 0.5) is 0 Å². The topological polar surface area (TPSA) is 43.4 Å². The third-order valence-electron chi connectivity index (χ3n) is 2.95. The van der Waals surface area contributed by atoms with Gasteiger partial charge >= 0.3 is 0 Å². The van der Waals surface area contributed by atoms with Crippen LogP contribution in [0.3, 0.4) is 0 Å². The molecule has 0 amide bonds. The summed E-state index contributed by atoms with van der Waals surface area (Å²) in [7, 11) is -1.07. The molecule has 0 radical (unpaired) electrons. The molecule has 0 aliphatic carbocycles. The van der Waals surface area contributed by atoms with Gasteiger partial charge < -0.3 is 4.74 Å². The van der Waals surface area contributed by atoms with E-state index in [4.69, 9.17) is 4.74 Å². The van der Waals surface area contributed by atoms with Gasteiger partial charge in [0.1, 0.15) is 5.75 Å². The second-order valence-electron chi connectivity index (χ2n) is 4.64. The molecular weight excluding hydrogens is 260 g/mol. The maximum Gasteiger partial charge on any atom is 0.175 e. The first-order valence-corrected chi connectivity index (χ1v) is 8.16. The lowest BCUT2D eigenvalue weighted by Crippen LogP contribution is -2.16. The highest BCUT2D eigenvalue weighted by Gasteiger charge is 2.12. The molecule has 106 valence electrons. The number of ketones is 1. The molecule has 0 aliphatic rings. The Balaban J connectivity index is 2.55. The highest BCUT2D eigenvalue weighted by atomic mass is 32.2. The fraction of sp³-hybridized carbons (Fsp3) is 0.533. The number of ether oxygens (including phenoxy) is 1. The van der Waals surface area contributed by atoms with Crippen molar-refractivity contribution in [3.05, 3.63) is 29.8 Å². The van der Waals surface area contributed by atoms with E-state index in [0.717, 1.165) is 12.2 Å². The lowest BCUT2D eigenvalue weighted by atomic mass is 10.1. The molecule has 3 nitrogen and oxygen atoms in total. The Bertz CT molecular complexity index is 426. The lowest BCUT2D eigenvalue weighted by Gasteiger charge is -2.08. The van der Waals surface area contributed by atoms with E-state index in [1.54, 1.807) is 24.3 Å². The summed E-state index contributed by atoms with van der Waals surface area (Å²) in [6, 6.07) is 7.00. The van der Waals surface area contributed by atoms with Crippen LogP contribution in [0.1, 0.15) is 37.6 Å². The van der Waals surface area contributed by atoms with Crippen molar-refractivity contribution < 1.29 is 13.7 Å². The van der Waals surface area contributed by atoms with E-state index in [1.807, 2.05) is 6.92 Å². The van der Waals surface area contributed by atoms with E-state index in [1.165, 1.54) is 0 Å². The van der Waals surface area contributed by atoms with Gasteiger partial charge in [-0.25, -0.2) is 0 Å². The standard InChI is InChI=1S/C15H22O3S/c1-4-12(3)10-19(17)11-15(16)13-6-8-14(9-7-13)18-5-2/h6-9,12H,4-5,10-11H2,1-3H3. The summed E-state index contributed by atoms with van der Waals surface area (Å²) >= 11 is 0.